The molecule has 0 saturated heterocycles. The van der Waals surface area contributed by atoms with E-state index in [-0.39, 0.29) is 11.6 Å². The van der Waals surface area contributed by atoms with Crippen LogP contribution in [0.2, 0.25) is 0 Å². The smallest absolute Gasteiger partial charge is 0.380 e. The number of halogens is 3. The number of nitrogens with two attached hydrogens (primary N) is 1. The van der Waals surface area contributed by atoms with E-state index in [4.69, 9.17) is 9.92 Å². The van der Waals surface area contributed by atoms with Crippen molar-refractivity contribution in [3.05, 3.63) is 83.9 Å². The molecule has 0 atom stereocenters. The first-order valence-corrected chi connectivity index (χ1v) is 9.91. The van der Waals surface area contributed by atoms with Crippen molar-refractivity contribution in [2.75, 3.05) is 0 Å². The Morgan fingerprint density at radius 2 is 1.71 bits per heavy atom. The Labute approximate surface area is 175 Å². The number of hydrogen-bond donors (Lipinski definition) is 1. The summed E-state index contributed by atoms with van der Waals surface area (Å²) in [7, 11) is -4.30. The average molecular weight is 449 g/mol. The molecule has 0 fully saturated rings. The van der Waals surface area contributed by atoms with E-state index < -0.39 is 26.8 Å². The van der Waals surface area contributed by atoms with Gasteiger partial charge in [0, 0.05) is 12.4 Å². The number of hydrogen-bond acceptors (Lipinski definition) is 7. The first-order valence-electron chi connectivity index (χ1n) is 8.50. The molecular weight excluding hydrogens is 435 g/mol. The van der Waals surface area contributed by atoms with E-state index >= 15 is 0 Å². The first-order chi connectivity index (χ1) is 14.6. The van der Waals surface area contributed by atoms with Gasteiger partial charge >= 0.3 is 16.3 Å². The Bertz CT molecular complexity index is 1200. The van der Waals surface area contributed by atoms with Crippen LogP contribution in [0.5, 0.6) is 5.75 Å². The van der Waals surface area contributed by atoms with Crippen LogP contribution >= 0.6 is 0 Å². The molecule has 2 N–H and O–H groups in total. The molecule has 160 valence electrons. The van der Waals surface area contributed by atoms with E-state index in [2.05, 4.69) is 20.2 Å². The lowest BCUT2D eigenvalue weighted by Crippen LogP contribution is -2.14. The van der Waals surface area contributed by atoms with Gasteiger partial charge in [0.25, 0.3) is 0 Å². The van der Waals surface area contributed by atoms with Crippen molar-refractivity contribution in [1.82, 2.24) is 9.97 Å². The lowest BCUT2D eigenvalue weighted by Gasteiger charge is -2.09. The Morgan fingerprint density at radius 1 is 1.03 bits per heavy atom. The van der Waals surface area contributed by atoms with Gasteiger partial charge in [-0.2, -0.15) is 26.7 Å². The molecule has 12 heteroatoms. The maximum absolute atomic E-state index is 12.6. The minimum atomic E-state index is -4.57. The van der Waals surface area contributed by atoms with Crippen LogP contribution in [0.15, 0.2) is 82.2 Å². The van der Waals surface area contributed by atoms with Crippen molar-refractivity contribution in [1.29, 1.82) is 0 Å². The number of aromatic nitrogens is 2. The summed E-state index contributed by atoms with van der Waals surface area (Å²) in [5.41, 5.74) is 5.69. The van der Waals surface area contributed by atoms with Gasteiger partial charge in [0.2, 0.25) is 0 Å². The monoisotopic (exact) mass is 449 g/mol. The second-order valence-corrected chi connectivity index (χ2v) is 7.50. The summed E-state index contributed by atoms with van der Waals surface area (Å²) >= 11 is 0. The third-order valence-corrected chi connectivity index (χ3v) is 5.02. The topological polar surface area (TPSA) is 120 Å². The van der Waals surface area contributed by atoms with Crippen LogP contribution in [-0.4, -0.2) is 30.4 Å². The second-order valence-electron chi connectivity index (χ2n) is 5.95. The van der Waals surface area contributed by atoms with Crippen LogP contribution in [0, 0.1) is 0 Å². The fourth-order valence-electron chi connectivity index (χ4n) is 2.24. The second kappa shape index (κ2) is 8.92. The van der Waals surface area contributed by atoms with Crippen LogP contribution in [0.4, 0.5) is 13.2 Å². The van der Waals surface area contributed by atoms with Crippen molar-refractivity contribution in [2.24, 2.45) is 15.9 Å². The highest BCUT2D eigenvalue weighted by Gasteiger charge is 2.30. The zero-order valence-corrected chi connectivity index (χ0v) is 16.4. The molecule has 2 aromatic carbocycles. The molecule has 31 heavy (non-hydrogen) atoms. The summed E-state index contributed by atoms with van der Waals surface area (Å²) in [5, 5.41) is 7.61. The fourth-order valence-corrected chi connectivity index (χ4v) is 3.17. The molecule has 3 aromatic rings. The molecule has 1 heterocycles. The van der Waals surface area contributed by atoms with Crippen LogP contribution in [0.1, 0.15) is 16.8 Å². The molecule has 0 saturated carbocycles. The Hall–Kier alpha value is -3.80. The van der Waals surface area contributed by atoms with Gasteiger partial charge in [0.05, 0.1) is 18.0 Å². The van der Waals surface area contributed by atoms with E-state index in [1.165, 1.54) is 49.1 Å². The highest BCUT2D eigenvalue weighted by Crippen LogP contribution is 2.30. The van der Waals surface area contributed by atoms with Gasteiger partial charge in [-0.3, -0.25) is 4.98 Å². The maximum atomic E-state index is 12.6. The molecule has 0 bridgehead atoms. The predicted octanol–water partition coefficient (Wildman–Crippen LogP) is 3.00. The highest BCUT2D eigenvalue weighted by atomic mass is 32.2. The summed E-state index contributed by atoms with van der Waals surface area (Å²) in [4.78, 5) is 7.43. The molecule has 0 amide bonds. The quantitative estimate of drug-likeness (QED) is 0.267. The summed E-state index contributed by atoms with van der Waals surface area (Å²) in [6.45, 7) is 0. The van der Waals surface area contributed by atoms with E-state index in [0.29, 0.717) is 23.4 Å². The maximum Gasteiger partial charge on any atom is 0.416 e. The van der Waals surface area contributed by atoms with Crippen molar-refractivity contribution >= 4 is 22.2 Å². The molecule has 0 unspecified atom stereocenters. The molecule has 0 aliphatic rings. The molecule has 8 nitrogen and oxygen atoms in total. The van der Waals surface area contributed by atoms with Crippen LogP contribution in [0.3, 0.4) is 0 Å². The van der Waals surface area contributed by atoms with Crippen molar-refractivity contribution in [3.63, 3.8) is 0 Å². The predicted molar refractivity (Wildman–Crippen MR) is 106 cm³/mol. The highest BCUT2D eigenvalue weighted by molar-refractivity contribution is 7.87. The summed E-state index contributed by atoms with van der Waals surface area (Å²) in [6, 6.07) is 8.74. The Balaban J connectivity index is 1.67. The average Bonchev–Trinajstić information content (AvgIpc) is 2.75. The summed E-state index contributed by atoms with van der Waals surface area (Å²) < 4.78 is 67.3. The number of nitrogens with zero attached hydrogens (tertiary/aromatic N) is 4. The Morgan fingerprint density at radius 3 is 2.29 bits per heavy atom. The minimum absolute atomic E-state index is 0.0281. The number of benzene rings is 2. The lowest BCUT2D eigenvalue weighted by atomic mass is 10.2. The van der Waals surface area contributed by atoms with E-state index in [9.17, 15) is 21.6 Å². The first kappa shape index (κ1) is 21.9. The third kappa shape index (κ3) is 5.85. The largest absolute Gasteiger partial charge is 0.416 e. The number of amidine groups is 1. The van der Waals surface area contributed by atoms with Gasteiger partial charge in [-0.05, 0) is 54.1 Å². The molecule has 1 aromatic heterocycles. The Kier molecular flexibility index (Phi) is 6.30. The van der Waals surface area contributed by atoms with Crippen molar-refractivity contribution in [3.8, 4) is 5.75 Å². The molecule has 3 rings (SSSR count). The SMILES string of the molecule is N/C(=N\N=C\c1ccc(OS(=O)(=O)c2ccc(C(F)(F)F)cc2)cc1)c1cnccn1. The lowest BCUT2D eigenvalue weighted by molar-refractivity contribution is -0.137. The molecule has 0 spiro atoms. The molecular formula is C19H14F3N5O3S. The van der Waals surface area contributed by atoms with Gasteiger partial charge in [-0.1, -0.05) is 0 Å². The van der Waals surface area contributed by atoms with Crippen molar-refractivity contribution in [2.45, 2.75) is 11.1 Å². The minimum Gasteiger partial charge on any atom is -0.380 e. The number of alkyl halides is 3. The van der Waals surface area contributed by atoms with E-state index in [1.54, 1.807) is 0 Å². The molecule has 0 radical (unpaired) electrons. The molecule has 0 aliphatic carbocycles. The van der Waals surface area contributed by atoms with Crippen LogP contribution in [0.25, 0.3) is 0 Å². The van der Waals surface area contributed by atoms with E-state index in [1.807, 2.05) is 0 Å². The van der Waals surface area contributed by atoms with Gasteiger partial charge in [0.1, 0.15) is 16.3 Å². The molecule has 0 aliphatic heterocycles. The van der Waals surface area contributed by atoms with E-state index in [0.717, 1.165) is 12.1 Å². The zero-order chi connectivity index (χ0) is 22.5. The summed E-state index contributed by atoms with van der Waals surface area (Å²) in [5.74, 6) is 0.0339. The van der Waals surface area contributed by atoms with Crippen LogP contribution < -0.4 is 9.92 Å². The third-order valence-electron chi connectivity index (χ3n) is 3.75. The fraction of sp³-hybridized carbons (Fsp3) is 0.0526. The van der Waals surface area contributed by atoms with Gasteiger partial charge in [-0.15, -0.1) is 5.10 Å². The number of rotatable bonds is 6. The zero-order valence-electron chi connectivity index (χ0n) is 15.6. The van der Waals surface area contributed by atoms with Crippen LogP contribution in [-0.2, 0) is 16.3 Å². The standard InChI is InChI=1S/C19H14F3N5O3S/c20-19(21,22)14-3-7-16(8-4-14)31(28,29)30-15-5-1-13(2-6-15)11-26-27-18(23)17-12-24-9-10-25-17/h1-12H,(H2,23,27)/b26-11+. The normalized spacial score (nSPS) is 12.8. The van der Waals surface area contributed by atoms with Gasteiger partial charge in [0.15, 0.2) is 5.84 Å². The van der Waals surface area contributed by atoms with Crippen molar-refractivity contribution < 1.29 is 25.8 Å². The van der Waals surface area contributed by atoms with Gasteiger partial charge < -0.3 is 9.92 Å². The van der Waals surface area contributed by atoms with Gasteiger partial charge in [-0.25, -0.2) is 4.98 Å². The summed E-state index contributed by atoms with van der Waals surface area (Å²) in [6.07, 6.45) is 1.18.